The predicted octanol–water partition coefficient (Wildman–Crippen LogP) is 4.32. The summed E-state index contributed by atoms with van der Waals surface area (Å²) >= 11 is 0. The molecule has 2 unspecified atom stereocenters. The van der Waals surface area contributed by atoms with E-state index in [1.165, 1.54) is 12.1 Å². The van der Waals surface area contributed by atoms with Gasteiger partial charge in [-0.05, 0) is 31.5 Å². The predicted molar refractivity (Wildman–Crippen MR) is 128 cm³/mol. The Morgan fingerprint density at radius 3 is 2.58 bits per heavy atom. The van der Waals surface area contributed by atoms with Gasteiger partial charge in [-0.3, -0.25) is 4.79 Å². The molecule has 5 heterocycles. The van der Waals surface area contributed by atoms with E-state index in [9.17, 15) is 18.0 Å². The first-order chi connectivity index (χ1) is 17.4. The van der Waals surface area contributed by atoms with Gasteiger partial charge in [0.15, 0.2) is 0 Å². The van der Waals surface area contributed by atoms with Gasteiger partial charge < -0.3 is 19.9 Å². The van der Waals surface area contributed by atoms with Crippen molar-refractivity contribution in [1.29, 1.82) is 0 Å². The van der Waals surface area contributed by atoms with E-state index in [2.05, 4.69) is 20.4 Å². The summed E-state index contributed by atoms with van der Waals surface area (Å²) in [5, 5.41) is 12.3. The minimum Gasteiger partial charge on any atom is -0.380 e. The van der Waals surface area contributed by atoms with Crippen molar-refractivity contribution in [3.05, 3.63) is 59.5 Å². The molecule has 36 heavy (non-hydrogen) atoms. The lowest BCUT2D eigenvalue weighted by atomic mass is 9.85. The Bertz CT molecular complexity index is 1310. The van der Waals surface area contributed by atoms with Crippen LogP contribution in [0.15, 0.2) is 42.6 Å². The minimum atomic E-state index is -2.88. The number of ether oxygens (including phenoxy) is 1. The van der Waals surface area contributed by atoms with E-state index in [4.69, 9.17) is 4.74 Å². The van der Waals surface area contributed by atoms with Crippen LogP contribution in [0.1, 0.15) is 36.9 Å². The Hall–Kier alpha value is -3.40. The van der Waals surface area contributed by atoms with Crippen LogP contribution in [0.5, 0.6) is 0 Å². The zero-order chi connectivity index (χ0) is 25.0. The summed E-state index contributed by atoms with van der Waals surface area (Å²) < 4.78 is 46.3. The van der Waals surface area contributed by atoms with Crippen molar-refractivity contribution >= 4 is 28.2 Å². The monoisotopic (exact) mass is 497 g/mol. The molecule has 7 rings (SSSR count). The first-order valence-corrected chi connectivity index (χ1v) is 12.1. The number of benzene rings is 2. The molecule has 1 amide bonds. The largest absolute Gasteiger partial charge is 0.380 e. The van der Waals surface area contributed by atoms with Crippen molar-refractivity contribution in [3.8, 4) is 0 Å². The number of hydrogen-bond donors (Lipinski definition) is 1. The van der Waals surface area contributed by atoms with Gasteiger partial charge in [0.05, 0.1) is 48.1 Å². The van der Waals surface area contributed by atoms with Crippen LogP contribution in [0.25, 0.3) is 10.9 Å². The second kappa shape index (κ2) is 8.92. The Morgan fingerprint density at radius 1 is 1.14 bits per heavy atom. The number of carbonyl (C=O) groups excluding carboxylic acids is 1. The summed E-state index contributed by atoms with van der Waals surface area (Å²) in [4.78, 5) is 17.0. The van der Waals surface area contributed by atoms with E-state index in [1.807, 2.05) is 23.1 Å². The van der Waals surface area contributed by atoms with Crippen LogP contribution in [0.3, 0.4) is 0 Å². The topological polar surface area (TPSA) is 70.6 Å². The SMILES string of the molecule is C[C@@H](Nc1cnnc2ccc(N3C4CC3CN(C(=O)C3COC3)C4)cc12)c1cccc(C(F)F)c1F. The second-order valence-electron chi connectivity index (χ2n) is 9.81. The summed E-state index contributed by atoms with van der Waals surface area (Å²) in [6.07, 6.45) is -0.276. The summed E-state index contributed by atoms with van der Waals surface area (Å²) in [7, 11) is 0. The van der Waals surface area contributed by atoms with Crippen molar-refractivity contribution in [2.24, 2.45) is 5.92 Å². The van der Waals surface area contributed by atoms with Crippen molar-refractivity contribution in [2.75, 3.05) is 36.5 Å². The third-order valence-corrected chi connectivity index (χ3v) is 7.55. The van der Waals surface area contributed by atoms with E-state index in [0.717, 1.165) is 23.6 Å². The normalized spacial score (nSPS) is 22.4. The Balaban J connectivity index is 1.24. The molecule has 4 fully saturated rings. The molecule has 10 heteroatoms. The standard InChI is InChI=1S/C26H26F3N5O2/c1-14(19-3-2-4-20(24(19)27)25(28)29)31-23-9-30-32-22-6-5-16(8-21(22)23)34-17-7-18(34)11-33(10-17)26(35)15-12-36-13-15/h2-6,8-9,14-15,17-18,25H,7,10-13H2,1H3,(H,31,32)/t14-,17?,18?/m1/s1. The molecule has 1 aromatic heterocycles. The number of amides is 1. The highest BCUT2D eigenvalue weighted by atomic mass is 19.3. The number of piperazine rings is 1. The number of hydrogen-bond acceptors (Lipinski definition) is 6. The zero-order valence-corrected chi connectivity index (χ0v) is 19.7. The summed E-state index contributed by atoms with van der Waals surface area (Å²) in [5.74, 6) is -0.717. The Kier molecular flexibility index (Phi) is 5.70. The van der Waals surface area contributed by atoms with Gasteiger partial charge in [0.25, 0.3) is 6.43 Å². The van der Waals surface area contributed by atoms with Crippen molar-refractivity contribution in [1.82, 2.24) is 15.1 Å². The van der Waals surface area contributed by atoms with E-state index >= 15 is 0 Å². The van der Waals surface area contributed by atoms with E-state index in [0.29, 0.717) is 37.5 Å². The van der Waals surface area contributed by atoms with E-state index in [1.54, 1.807) is 13.1 Å². The Labute approximate surface area is 206 Å². The third kappa shape index (κ3) is 3.84. The number of nitrogens with one attached hydrogen (secondary N) is 1. The molecular formula is C26H26F3N5O2. The number of carbonyl (C=O) groups is 1. The van der Waals surface area contributed by atoms with Gasteiger partial charge >= 0.3 is 0 Å². The molecule has 0 spiro atoms. The molecule has 4 aliphatic heterocycles. The molecule has 7 nitrogen and oxygen atoms in total. The molecule has 0 aliphatic carbocycles. The van der Waals surface area contributed by atoms with Gasteiger partial charge in [0, 0.05) is 41.8 Å². The van der Waals surface area contributed by atoms with Gasteiger partial charge in [-0.25, -0.2) is 13.2 Å². The summed E-state index contributed by atoms with van der Waals surface area (Å²) in [5.41, 5.74) is 1.89. The highest BCUT2D eigenvalue weighted by molar-refractivity contribution is 5.93. The molecule has 4 aliphatic rings. The summed E-state index contributed by atoms with van der Waals surface area (Å²) in [6, 6.07) is 9.91. The average molecular weight is 498 g/mol. The maximum atomic E-state index is 14.7. The smallest absolute Gasteiger partial charge is 0.266 e. The maximum Gasteiger partial charge on any atom is 0.266 e. The van der Waals surface area contributed by atoms with Crippen LogP contribution >= 0.6 is 0 Å². The zero-order valence-electron chi connectivity index (χ0n) is 19.7. The summed E-state index contributed by atoms with van der Waals surface area (Å²) in [6.45, 7) is 4.15. The molecule has 0 radical (unpaired) electrons. The molecule has 188 valence electrons. The molecule has 3 aromatic rings. The van der Waals surface area contributed by atoms with Gasteiger partial charge in [-0.1, -0.05) is 18.2 Å². The molecule has 2 bridgehead atoms. The van der Waals surface area contributed by atoms with Crippen molar-refractivity contribution in [3.63, 3.8) is 0 Å². The van der Waals surface area contributed by atoms with E-state index < -0.39 is 23.8 Å². The number of rotatable bonds is 6. The fourth-order valence-electron chi connectivity index (χ4n) is 5.55. The number of alkyl halides is 2. The number of piperidine rings is 1. The van der Waals surface area contributed by atoms with Crippen LogP contribution in [0.4, 0.5) is 24.5 Å². The lowest BCUT2D eigenvalue weighted by Gasteiger charge is -2.58. The fourth-order valence-corrected chi connectivity index (χ4v) is 5.55. The second-order valence-corrected chi connectivity index (χ2v) is 9.81. The molecule has 2 aromatic carbocycles. The van der Waals surface area contributed by atoms with Gasteiger partial charge in [-0.2, -0.15) is 10.2 Å². The molecule has 1 N–H and O–H groups in total. The fraction of sp³-hybridized carbons (Fsp3) is 0.423. The quantitative estimate of drug-likeness (QED) is 0.547. The van der Waals surface area contributed by atoms with Crippen LogP contribution in [0, 0.1) is 11.7 Å². The number of halogens is 3. The highest BCUT2D eigenvalue weighted by Crippen LogP contribution is 2.40. The number of aromatic nitrogens is 2. The van der Waals surface area contributed by atoms with Crippen molar-refractivity contribution < 1.29 is 22.7 Å². The van der Waals surface area contributed by atoms with Crippen LogP contribution in [0.2, 0.25) is 0 Å². The van der Waals surface area contributed by atoms with E-state index in [-0.39, 0.29) is 29.5 Å². The van der Waals surface area contributed by atoms with Gasteiger partial charge in [0.1, 0.15) is 5.82 Å². The molecule has 4 saturated heterocycles. The van der Waals surface area contributed by atoms with Gasteiger partial charge in [0.2, 0.25) is 5.91 Å². The maximum absolute atomic E-state index is 14.7. The number of fused-ring (bicyclic) bond motifs is 3. The average Bonchev–Trinajstić information content (AvgIpc) is 2.83. The first-order valence-electron chi connectivity index (χ1n) is 12.1. The highest BCUT2D eigenvalue weighted by Gasteiger charge is 2.47. The van der Waals surface area contributed by atoms with Crippen molar-refractivity contribution in [2.45, 2.75) is 37.9 Å². The Morgan fingerprint density at radius 2 is 1.89 bits per heavy atom. The van der Waals surface area contributed by atoms with Crippen LogP contribution in [-0.2, 0) is 9.53 Å². The van der Waals surface area contributed by atoms with Crippen LogP contribution < -0.4 is 10.2 Å². The lowest BCUT2D eigenvalue weighted by molar-refractivity contribution is -0.152. The first kappa shape index (κ1) is 23.0. The van der Waals surface area contributed by atoms with Crippen LogP contribution in [-0.4, -0.2) is 59.4 Å². The minimum absolute atomic E-state index is 0.00274. The molecule has 3 atom stereocenters. The third-order valence-electron chi connectivity index (χ3n) is 7.55. The van der Waals surface area contributed by atoms with Gasteiger partial charge in [-0.15, -0.1) is 0 Å². The lowest BCUT2D eigenvalue weighted by Crippen LogP contribution is -2.70. The number of anilines is 2. The number of nitrogens with zero attached hydrogens (tertiary/aromatic N) is 4. The molecule has 0 saturated carbocycles. The molecular weight excluding hydrogens is 471 g/mol.